The van der Waals surface area contributed by atoms with Gasteiger partial charge in [-0.2, -0.15) is 0 Å². The molecule has 1 aromatic heterocycles. The van der Waals surface area contributed by atoms with E-state index in [1.165, 1.54) is 4.90 Å². The number of aliphatic hydroxyl groups excluding tert-OH is 1. The van der Waals surface area contributed by atoms with Crippen LogP contribution in [0.25, 0.3) is 10.4 Å². The number of unbranched alkanes of at least 4 members (excludes halogenated alkanes) is 3. The fourth-order valence-electron chi connectivity index (χ4n) is 5.52. The number of benzene rings is 1. The highest BCUT2D eigenvalue weighted by atomic mass is 32.1. The van der Waals surface area contributed by atoms with E-state index in [9.17, 15) is 24.3 Å². The summed E-state index contributed by atoms with van der Waals surface area (Å²) in [5, 5.41) is 19.2. The Bertz CT molecular complexity index is 1360. The summed E-state index contributed by atoms with van der Waals surface area (Å²) in [5.74, 6) is -0.964. The molecule has 260 valence electrons. The van der Waals surface area contributed by atoms with Crippen molar-refractivity contribution in [3.8, 4) is 10.4 Å². The summed E-state index contributed by atoms with van der Waals surface area (Å²) >= 11 is 1.58. The fraction of sp³-hybridized carbons (Fsp3) is 0.629. The highest BCUT2D eigenvalue weighted by molar-refractivity contribution is 7.13. The molecule has 0 aliphatic carbocycles. The average molecular weight is 672 g/mol. The second-order valence-electron chi connectivity index (χ2n) is 14.5. The van der Waals surface area contributed by atoms with Crippen molar-refractivity contribution in [3.63, 3.8) is 0 Å². The lowest BCUT2D eigenvalue weighted by molar-refractivity contribution is -0.144. The van der Waals surface area contributed by atoms with E-state index < -0.39 is 35.3 Å². The molecule has 2 unspecified atom stereocenters. The van der Waals surface area contributed by atoms with Crippen LogP contribution < -0.4 is 16.0 Å². The molecule has 4 amide bonds. The van der Waals surface area contributed by atoms with Gasteiger partial charge in [-0.05, 0) is 64.0 Å². The van der Waals surface area contributed by atoms with Crippen LogP contribution in [0.5, 0.6) is 0 Å². The second-order valence-corrected chi connectivity index (χ2v) is 15.3. The Morgan fingerprint density at radius 1 is 1.02 bits per heavy atom. The van der Waals surface area contributed by atoms with Gasteiger partial charge in [0.2, 0.25) is 17.7 Å². The first-order valence-corrected chi connectivity index (χ1v) is 17.4. The minimum Gasteiger partial charge on any atom is -0.444 e. The Labute approximate surface area is 283 Å². The van der Waals surface area contributed by atoms with Crippen LogP contribution in [0, 0.1) is 12.3 Å². The number of rotatable bonds is 13. The normalized spacial score (nSPS) is 17.9. The van der Waals surface area contributed by atoms with Crippen molar-refractivity contribution in [2.75, 3.05) is 13.1 Å². The maximum atomic E-state index is 13.9. The monoisotopic (exact) mass is 671 g/mol. The molecule has 1 aliphatic heterocycles. The summed E-state index contributed by atoms with van der Waals surface area (Å²) in [4.78, 5) is 58.9. The van der Waals surface area contributed by atoms with Crippen LogP contribution in [0.3, 0.4) is 0 Å². The minimum absolute atomic E-state index is 0.0218. The summed E-state index contributed by atoms with van der Waals surface area (Å²) in [6, 6.07) is 5.92. The van der Waals surface area contributed by atoms with Crippen molar-refractivity contribution in [2.45, 2.75) is 124 Å². The van der Waals surface area contributed by atoms with Gasteiger partial charge in [0.15, 0.2) is 0 Å². The van der Waals surface area contributed by atoms with Gasteiger partial charge in [0.1, 0.15) is 17.7 Å². The number of aryl methyl sites for hydroxylation is 1. The zero-order valence-corrected chi connectivity index (χ0v) is 30.0. The molecule has 2 heterocycles. The quantitative estimate of drug-likeness (QED) is 0.212. The van der Waals surface area contributed by atoms with Gasteiger partial charge >= 0.3 is 6.09 Å². The lowest BCUT2D eigenvalue weighted by atomic mass is 9.85. The number of alkyl carbamates (subject to hydrolysis) is 1. The molecule has 47 heavy (non-hydrogen) atoms. The number of amides is 4. The molecule has 11 nitrogen and oxygen atoms in total. The van der Waals surface area contributed by atoms with E-state index in [4.69, 9.17) is 4.74 Å². The van der Waals surface area contributed by atoms with Gasteiger partial charge < -0.3 is 30.7 Å². The van der Waals surface area contributed by atoms with Crippen molar-refractivity contribution in [2.24, 2.45) is 5.41 Å². The molecule has 4 N–H and O–H groups in total. The number of hydrogen-bond acceptors (Lipinski definition) is 8. The van der Waals surface area contributed by atoms with E-state index in [-0.39, 0.29) is 43.1 Å². The molecule has 1 fully saturated rings. The predicted molar refractivity (Wildman–Crippen MR) is 184 cm³/mol. The summed E-state index contributed by atoms with van der Waals surface area (Å²) in [6.07, 6.45) is 2.13. The Morgan fingerprint density at radius 2 is 1.68 bits per heavy atom. The molecule has 12 heteroatoms. The molecule has 4 atom stereocenters. The van der Waals surface area contributed by atoms with Crippen LogP contribution in [0.1, 0.15) is 104 Å². The molecular weight excluding hydrogens is 618 g/mol. The van der Waals surface area contributed by atoms with E-state index >= 15 is 0 Å². The third-order valence-corrected chi connectivity index (χ3v) is 9.04. The van der Waals surface area contributed by atoms with Crippen LogP contribution in [0.2, 0.25) is 0 Å². The number of aliphatic hydroxyl groups is 1. The SMILES string of the molecule is Cc1ncsc1-c1ccc(C(C)NC(=O)[C@@H]2C[C@@H](O)CN2C(=O)C(NC(=O)CCCCCCNC(=O)OC(C)(C)C)C(C)(C)C)cc1. The number of ether oxygens (including phenoxy) is 1. The van der Waals surface area contributed by atoms with Crippen molar-refractivity contribution in [1.29, 1.82) is 0 Å². The summed E-state index contributed by atoms with van der Waals surface area (Å²) in [5.41, 5.74) is 3.60. The molecule has 1 saturated heterocycles. The highest BCUT2D eigenvalue weighted by Gasteiger charge is 2.44. The average Bonchev–Trinajstić information content (AvgIpc) is 3.58. The van der Waals surface area contributed by atoms with E-state index in [1.807, 2.05) is 85.2 Å². The Balaban J connectivity index is 1.52. The molecular formula is C35H53N5O6S. The van der Waals surface area contributed by atoms with Crippen molar-refractivity contribution < 1.29 is 29.0 Å². The third kappa shape index (κ3) is 11.6. The lowest BCUT2D eigenvalue weighted by Gasteiger charge is -2.35. The number of aromatic nitrogens is 1. The number of nitrogens with one attached hydrogen (secondary N) is 3. The molecule has 0 saturated carbocycles. The molecule has 0 radical (unpaired) electrons. The second kappa shape index (κ2) is 16.5. The van der Waals surface area contributed by atoms with E-state index in [2.05, 4.69) is 20.9 Å². The predicted octanol–water partition coefficient (Wildman–Crippen LogP) is 5.26. The number of likely N-dealkylation sites (tertiary alicyclic amines) is 1. The van der Waals surface area contributed by atoms with Crippen LogP contribution in [0.15, 0.2) is 29.8 Å². The topological polar surface area (TPSA) is 150 Å². The van der Waals surface area contributed by atoms with Crippen LogP contribution in [-0.2, 0) is 19.1 Å². The lowest BCUT2D eigenvalue weighted by Crippen LogP contribution is -2.57. The molecule has 0 bridgehead atoms. The van der Waals surface area contributed by atoms with Crippen molar-refractivity contribution in [1.82, 2.24) is 25.8 Å². The maximum Gasteiger partial charge on any atom is 0.407 e. The molecule has 3 rings (SSSR count). The zero-order chi connectivity index (χ0) is 34.9. The van der Waals surface area contributed by atoms with Crippen molar-refractivity contribution in [3.05, 3.63) is 41.0 Å². The number of nitrogens with zero attached hydrogens (tertiary/aromatic N) is 2. The first kappa shape index (κ1) is 37.9. The third-order valence-electron chi connectivity index (χ3n) is 8.06. The van der Waals surface area contributed by atoms with Gasteiger partial charge in [-0.25, -0.2) is 9.78 Å². The Morgan fingerprint density at radius 3 is 2.28 bits per heavy atom. The first-order valence-electron chi connectivity index (χ1n) is 16.5. The van der Waals surface area contributed by atoms with Gasteiger partial charge in [-0.3, -0.25) is 14.4 Å². The molecule has 2 aromatic rings. The molecule has 1 aliphatic rings. The van der Waals surface area contributed by atoms with E-state index in [0.29, 0.717) is 13.0 Å². The van der Waals surface area contributed by atoms with Gasteiger partial charge in [-0.1, -0.05) is 57.9 Å². The number of carbonyl (C=O) groups is 4. The van der Waals surface area contributed by atoms with Crippen LogP contribution in [-0.4, -0.2) is 75.7 Å². The largest absolute Gasteiger partial charge is 0.444 e. The van der Waals surface area contributed by atoms with Gasteiger partial charge in [0.25, 0.3) is 0 Å². The van der Waals surface area contributed by atoms with Gasteiger partial charge in [0, 0.05) is 25.9 Å². The summed E-state index contributed by atoms with van der Waals surface area (Å²) < 4.78 is 5.22. The smallest absolute Gasteiger partial charge is 0.407 e. The zero-order valence-electron chi connectivity index (χ0n) is 29.1. The number of thiazole rings is 1. The minimum atomic E-state index is -0.867. The van der Waals surface area contributed by atoms with Gasteiger partial charge in [-0.15, -0.1) is 11.3 Å². The van der Waals surface area contributed by atoms with Crippen LogP contribution >= 0.6 is 11.3 Å². The molecule has 1 aromatic carbocycles. The first-order chi connectivity index (χ1) is 22.0. The number of carbonyl (C=O) groups excluding carboxylic acids is 4. The number of hydrogen-bond donors (Lipinski definition) is 4. The van der Waals surface area contributed by atoms with E-state index in [0.717, 1.165) is 41.0 Å². The highest BCUT2D eigenvalue weighted by Crippen LogP contribution is 2.29. The van der Waals surface area contributed by atoms with E-state index in [1.54, 1.807) is 11.3 Å². The molecule has 0 spiro atoms. The maximum absolute atomic E-state index is 13.9. The number of β-amino-alcohol motifs (C(OH)–C–C–N with tert-alkyl or cyclic N) is 1. The Hall–Kier alpha value is -3.51. The van der Waals surface area contributed by atoms with Gasteiger partial charge in [0.05, 0.1) is 28.2 Å². The van der Waals surface area contributed by atoms with Crippen LogP contribution in [0.4, 0.5) is 4.79 Å². The van der Waals surface area contributed by atoms with Crippen molar-refractivity contribution >= 4 is 35.2 Å². The summed E-state index contributed by atoms with van der Waals surface area (Å²) in [7, 11) is 0. The summed E-state index contributed by atoms with van der Waals surface area (Å²) in [6.45, 7) is 15.4. The standard InChI is InChI=1S/C35H53N5O6S/c1-22(24-14-16-25(17-15-24)29-23(2)37-21-47-29)38-31(43)27-19-26(41)20-40(27)32(44)30(34(3,4)5)39-28(42)13-11-9-10-12-18-36-33(45)46-35(6,7)8/h14-17,21-22,26-27,30,41H,9-13,18-20H2,1-8H3,(H,36,45)(H,38,43)(H,39,42)/t22?,26-,27+,30?/m1/s1. The fourth-order valence-corrected chi connectivity index (χ4v) is 6.33. The Kier molecular flexibility index (Phi) is 13.4.